The lowest BCUT2D eigenvalue weighted by atomic mass is 10.0. The van der Waals surface area contributed by atoms with Gasteiger partial charge < -0.3 is 0 Å². The first-order valence-corrected chi connectivity index (χ1v) is 8.12. The lowest BCUT2D eigenvalue weighted by Crippen LogP contribution is -2.05. The molecule has 0 aliphatic carbocycles. The summed E-state index contributed by atoms with van der Waals surface area (Å²) in [7, 11) is 0. The first-order valence-electron chi connectivity index (χ1n) is 7.75. The molecule has 3 aromatic carbocycles. The van der Waals surface area contributed by atoms with Gasteiger partial charge in [0.1, 0.15) is 0 Å². The summed E-state index contributed by atoms with van der Waals surface area (Å²) in [6.45, 7) is 0. The molecule has 0 unspecified atom stereocenters. The molecule has 0 aliphatic rings. The van der Waals surface area contributed by atoms with Crippen molar-refractivity contribution < 1.29 is 13.2 Å². The highest BCUT2D eigenvalue weighted by Gasteiger charge is 2.30. The number of anilines is 1. The Morgan fingerprint density at radius 1 is 0.846 bits per heavy atom. The normalized spacial score (nSPS) is 11.7. The Labute approximate surface area is 153 Å². The molecular weight excluding hydrogens is 361 g/mol. The minimum absolute atomic E-state index is 0.0960. The first-order chi connectivity index (χ1) is 12.4. The Morgan fingerprint density at radius 2 is 1.50 bits per heavy atom. The zero-order valence-corrected chi connectivity index (χ0v) is 14.2. The van der Waals surface area contributed by atoms with E-state index in [1.807, 2.05) is 54.6 Å². The summed E-state index contributed by atoms with van der Waals surface area (Å²) in [6, 6.07) is 20.6. The van der Waals surface area contributed by atoms with Crippen LogP contribution in [0.4, 0.5) is 18.9 Å². The third-order valence-corrected chi connectivity index (χ3v) is 4.04. The zero-order valence-electron chi connectivity index (χ0n) is 13.5. The van der Waals surface area contributed by atoms with Crippen molar-refractivity contribution in [2.45, 2.75) is 6.18 Å². The molecule has 0 radical (unpaired) electrons. The molecule has 26 heavy (non-hydrogen) atoms. The van der Waals surface area contributed by atoms with Gasteiger partial charge >= 0.3 is 6.18 Å². The van der Waals surface area contributed by atoms with Crippen LogP contribution in [-0.4, -0.2) is 6.21 Å². The maximum absolute atomic E-state index is 12.8. The fourth-order valence-corrected chi connectivity index (χ4v) is 2.52. The van der Waals surface area contributed by atoms with Gasteiger partial charge in [0.25, 0.3) is 0 Å². The highest BCUT2D eigenvalue weighted by atomic mass is 35.5. The lowest BCUT2D eigenvalue weighted by molar-refractivity contribution is -0.137. The Morgan fingerprint density at radius 3 is 2.15 bits per heavy atom. The van der Waals surface area contributed by atoms with E-state index < -0.39 is 11.7 Å². The minimum atomic E-state index is -4.43. The summed E-state index contributed by atoms with van der Waals surface area (Å²) < 4.78 is 38.3. The van der Waals surface area contributed by atoms with Crippen LogP contribution in [-0.2, 0) is 6.18 Å². The van der Waals surface area contributed by atoms with Gasteiger partial charge in [-0.15, -0.1) is 0 Å². The summed E-state index contributed by atoms with van der Waals surface area (Å²) in [5.74, 6) is 0. The third-order valence-electron chi connectivity index (χ3n) is 3.71. The lowest BCUT2D eigenvalue weighted by Gasteiger charge is -2.09. The van der Waals surface area contributed by atoms with Gasteiger partial charge in [0.15, 0.2) is 0 Å². The zero-order chi connectivity index (χ0) is 18.6. The van der Waals surface area contributed by atoms with Crippen molar-refractivity contribution in [3.63, 3.8) is 0 Å². The molecule has 0 spiro atoms. The number of nitrogens with one attached hydrogen (secondary N) is 1. The van der Waals surface area contributed by atoms with E-state index in [0.29, 0.717) is 0 Å². The molecule has 132 valence electrons. The molecule has 0 fully saturated rings. The van der Waals surface area contributed by atoms with Gasteiger partial charge in [-0.3, -0.25) is 5.43 Å². The highest BCUT2D eigenvalue weighted by molar-refractivity contribution is 6.33. The largest absolute Gasteiger partial charge is 0.416 e. The number of hydrogen-bond acceptors (Lipinski definition) is 2. The molecular formula is C20H14ClF3N2. The summed E-state index contributed by atoms with van der Waals surface area (Å²) in [4.78, 5) is 0. The number of benzene rings is 3. The van der Waals surface area contributed by atoms with Crippen LogP contribution in [0.25, 0.3) is 11.1 Å². The average molecular weight is 375 g/mol. The molecule has 6 heteroatoms. The van der Waals surface area contributed by atoms with E-state index in [9.17, 15) is 13.2 Å². The van der Waals surface area contributed by atoms with E-state index in [0.717, 1.165) is 28.8 Å². The molecule has 0 saturated heterocycles. The van der Waals surface area contributed by atoms with Crippen molar-refractivity contribution in [3.05, 3.63) is 88.9 Å². The maximum atomic E-state index is 12.8. The predicted molar refractivity (Wildman–Crippen MR) is 99.5 cm³/mol. The SMILES string of the molecule is FC(F)(F)c1ccc(Cl)c(N/N=C\c2ccc(-c3ccccc3)cc2)c1. The fraction of sp³-hybridized carbons (Fsp3) is 0.0500. The molecule has 0 saturated carbocycles. The Hall–Kier alpha value is -2.79. The van der Waals surface area contributed by atoms with Crippen LogP contribution in [0.1, 0.15) is 11.1 Å². The number of hydrazone groups is 1. The topological polar surface area (TPSA) is 24.4 Å². The first kappa shape index (κ1) is 18.0. The van der Waals surface area contributed by atoms with E-state index in [2.05, 4.69) is 10.5 Å². The van der Waals surface area contributed by atoms with Crippen molar-refractivity contribution in [2.24, 2.45) is 5.10 Å². The molecule has 0 aromatic heterocycles. The van der Waals surface area contributed by atoms with Crippen molar-refractivity contribution >= 4 is 23.5 Å². The molecule has 3 aromatic rings. The molecule has 0 amide bonds. The van der Waals surface area contributed by atoms with Gasteiger partial charge in [0.2, 0.25) is 0 Å². The summed E-state index contributed by atoms with van der Waals surface area (Å²) >= 11 is 5.91. The van der Waals surface area contributed by atoms with E-state index >= 15 is 0 Å². The van der Waals surface area contributed by atoms with E-state index in [-0.39, 0.29) is 10.7 Å². The third kappa shape index (κ3) is 4.43. The summed E-state index contributed by atoms with van der Waals surface area (Å²) in [5, 5.41) is 4.13. The molecule has 2 nitrogen and oxygen atoms in total. The number of alkyl halides is 3. The van der Waals surface area contributed by atoms with Crippen LogP contribution in [0, 0.1) is 0 Å². The molecule has 0 atom stereocenters. The maximum Gasteiger partial charge on any atom is 0.416 e. The second-order valence-electron chi connectivity index (χ2n) is 5.55. The Kier molecular flexibility index (Phi) is 5.28. The molecule has 0 aliphatic heterocycles. The molecule has 3 rings (SSSR count). The van der Waals surface area contributed by atoms with Crippen molar-refractivity contribution in [3.8, 4) is 11.1 Å². The number of halogens is 4. The van der Waals surface area contributed by atoms with Crippen LogP contribution in [0.3, 0.4) is 0 Å². The molecule has 1 N–H and O–H groups in total. The van der Waals surface area contributed by atoms with Crippen molar-refractivity contribution in [2.75, 3.05) is 5.43 Å². The van der Waals surface area contributed by atoms with Gasteiger partial charge in [-0.25, -0.2) is 0 Å². The van der Waals surface area contributed by atoms with Crippen LogP contribution in [0.15, 0.2) is 77.9 Å². The van der Waals surface area contributed by atoms with Crippen molar-refractivity contribution in [1.82, 2.24) is 0 Å². The quantitative estimate of drug-likeness (QED) is 0.410. The standard InChI is InChI=1S/C20H14ClF3N2/c21-18-11-10-17(20(22,23)24)12-19(18)26-25-13-14-6-8-16(9-7-14)15-4-2-1-3-5-15/h1-13,26H/b25-13-. The van der Waals surface area contributed by atoms with E-state index in [4.69, 9.17) is 11.6 Å². The van der Waals surface area contributed by atoms with Gasteiger partial charge in [-0.2, -0.15) is 18.3 Å². The monoisotopic (exact) mass is 374 g/mol. The summed E-state index contributed by atoms with van der Waals surface area (Å²) in [6.07, 6.45) is -2.91. The van der Waals surface area contributed by atoms with Crippen LogP contribution in [0.2, 0.25) is 5.02 Å². The number of nitrogens with zero attached hydrogens (tertiary/aromatic N) is 1. The van der Waals surface area contributed by atoms with Crippen LogP contribution >= 0.6 is 11.6 Å². The minimum Gasteiger partial charge on any atom is -0.277 e. The van der Waals surface area contributed by atoms with Gasteiger partial charge in [-0.05, 0) is 34.9 Å². The molecule has 0 heterocycles. The molecule has 0 bridgehead atoms. The van der Waals surface area contributed by atoms with Gasteiger partial charge in [0.05, 0.1) is 22.5 Å². The fourth-order valence-electron chi connectivity index (χ4n) is 2.36. The number of hydrogen-bond donors (Lipinski definition) is 1. The summed E-state index contributed by atoms with van der Waals surface area (Å²) in [5.41, 5.74) is 4.84. The Balaban J connectivity index is 1.71. The van der Waals surface area contributed by atoms with Crippen LogP contribution < -0.4 is 5.43 Å². The van der Waals surface area contributed by atoms with E-state index in [1.54, 1.807) is 0 Å². The number of rotatable bonds is 4. The second-order valence-corrected chi connectivity index (χ2v) is 5.96. The highest BCUT2D eigenvalue weighted by Crippen LogP contribution is 2.33. The van der Waals surface area contributed by atoms with Gasteiger partial charge in [0, 0.05) is 0 Å². The van der Waals surface area contributed by atoms with Crippen molar-refractivity contribution in [1.29, 1.82) is 0 Å². The second kappa shape index (κ2) is 7.62. The Bertz CT molecular complexity index is 905. The van der Waals surface area contributed by atoms with E-state index in [1.165, 1.54) is 12.3 Å². The van der Waals surface area contributed by atoms with Crippen LogP contribution in [0.5, 0.6) is 0 Å². The van der Waals surface area contributed by atoms with Gasteiger partial charge in [-0.1, -0.05) is 66.2 Å². The smallest absolute Gasteiger partial charge is 0.277 e. The predicted octanol–water partition coefficient (Wildman–Crippen LogP) is 6.47. The average Bonchev–Trinajstić information content (AvgIpc) is 2.63.